The standard InChI is InChI=1S/C29H38O6/c1-8-32-18-33-25-19(2)20(3)26-24(21(25)4)15-17-29(7,35-26)16-9-10-22-11-13-23(14-12-22)34-28(5,6)27(30)31/h9,11-14,16H,8,10,15,17-18H2,1-7H3,(H,30,31)/b16-9-. The number of benzene rings is 2. The number of ether oxygens (including phenoxy) is 4. The van der Waals surface area contributed by atoms with Crippen LogP contribution in [-0.4, -0.2) is 35.7 Å². The van der Waals surface area contributed by atoms with Gasteiger partial charge in [-0.25, -0.2) is 4.79 Å². The number of rotatable bonds is 10. The SMILES string of the molecule is CCOCOc1c(C)c(C)c2c(c1C)CCC(C)(/C=C\Cc1ccc(OC(C)(C)C(=O)O)cc1)O2. The van der Waals surface area contributed by atoms with Gasteiger partial charge in [-0.3, -0.25) is 0 Å². The summed E-state index contributed by atoms with van der Waals surface area (Å²) in [6, 6.07) is 7.53. The molecule has 0 saturated carbocycles. The van der Waals surface area contributed by atoms with E-state index >= 15 is 0 Å². The van der Waals surface area contributed by atoms with Gasteiger partial charge in [0.25, 0.3) is 0 Å². The predicted molar refractivity (Wildman–Crippen MR) is 137 cm³/mol. The lowest BCUT2D eigenvalue weighted by molar-refractivity contribution is -0.152. The highest BCUT2D eigenvalue weighted by Crippen LogP contribution is 2.44. The molecular formula is C29H38O6. The fourth-order valence-electron chi connectivity index (χ4n) is 4.25. The zero-order valence-corrected chi connectivity index (χ0v) is 22.0. The molecule has 2 aromatic carbocycles. The first-order valence-electron chi connectivity index (χ1n) is 12.2. The summed E-state index contributed by atoms with van der Waals surface area (Å²) in [5.74, 6) is 1.40. The summed E-state index contributed by atoms with van der Waals surface area (Å²) in [7, 11) is 0. The number of carbonyl (C=O) groups is 1. The predicted octanol–water partition coefficient (Wildman–Crippen LogP) is 6.11. The zero-order chi connectivity index (χ0) is 25.8. The summed E-state index contributed by atoms with van der Waals surface area (Å²) < 4.78 is 23.5. The molecule has 0 aromatic heterocycles. The molecule has 0 fully saturated rings. The van der Waals surface area contributed by atoms with Crippen LogP contribution in [0.25, 0.3) is 0 Å². The molecule has 6 nitrogen and oxygen atoms in total. The van der Waals surface area contributed by atoms with Crippen LogP contribution in [0, 0.1) is 20.8 Å². The summed E-state index contributed by atoms with van der Waals surface area (Å²) in [5, 5.41) is 9.23. The van der Waals surface area contributed by atoms with Gasteiger partial charge in [-0.05, 0) is 108 Å². The molecule has 0 saturated heterocycles. The van der Waals surface area contributed by atoms with E-state index in [0.717, 1.165) is 53.0 Å². The van der Waals surface area contributed by atoms with Gasteiger partial charge in [0.1, 0.15) is 22.8 Å². The fraction of sp³-hybridized carbons (Fsp3) is 0.483. The molecule has 1 N–H and O–H groups in total. The summed E-state index contributed by atoms with van der Waals surface area (Å²) in [5.41, 5.74) is 3.99. The van der Waals surface area contributed by atoms with Crippen LogP contribution in [0.15, 0.2) is 36.4 Å². The van der Waals surface area contributed by atoms with Gasteiger partial charge in [0.15, 0.2) is 12.4 Å². The lowest BCUT2D eigenvalue weighted by Crippen LogP contribution is -2.37. The molecule has 0 spiro atoms. The average Bonchev–Trinajstić information content (AvgIpc) is 2.80. The fourth-order valence-corrected chi connectivity index (χ4v) is 4.25. The van der Waals surface area contributed by atoms with Crippen LogP contribution < -0.4 is 14.2 Å². The number of aliphatic carboxylic acids is 1. The summed E-state index contributed by atoms with van der Waals surface area (Å²) in [4.78, 5) is 11.3. The molecule has 0 amide bonds. The van der Waals surface area contributed by atoms with E-state index in [4.69, 9.17) is 18.9 Å². The summed E-state index contributed by atoms with van der Waals surface area (Å²) in [6.07, 6.45) is 6.82. The molecule has 1 heterocycles. The molecule has 3 rings (SSSR count). The van der Waals surface area contributed by atoms with Crippen molar-refractivity contribution in [2.45, 2.75) is 78.9 Å². The second-order valence-electron chi connectivity index (χ2n) is 9.85. The van der Waals surface area contributed by atoms with Crippen LogP contribution in [-0.2, 0) is 22.4 Å². The first kappa shape index (κ1) is 26.6. The van der Waals surface area contributed by atoms with E-state index in [1.54, 1.807) is 0 Å². The van der Waals surface area contributed by atoms with Crippen molar-refractivity contribution in [2.24, 2.45) is 0 Å². The Morgan fingerprint density at radius 1 is 1.14 bits per heavy atom. The summed E-state index contributed by atoms with van der Waals surface area (Å²) >= 11 is 0. The largest absolute Gasteiger partial charge is 0.483 e. The maximum absolute atomic E-state index is 11.3. The minimum atomic E-state index is -1.27. The molecule has 2 aromatic rings. The van der Waals surface area contributed by atoms with Crippen molar-refractivity contribution in [1.82, 2.24) is 0 Å². The van der Waals surface area contributed by atoms with E-state index in [2.05, 4.69) is 39.8 Å². The van der Waals surface area contributed by atoms with Crippen molar-refractivity contribution < 1.29 is 28.8 Å². The highest BCUT2D eigenvalue weighted by molar-refractivity contribution is 5.76. The molecule has 1 atom stereocenters. The molecule has 1 unspecified atom stereocenters. The molecule has 190 valence electrons. The summed E-state index contributed by atoms with van der Waals surface area (Å²) in [6.45, 7) is 14.3. The Kier molecular flexibility index (Phi) is 8.16. The third kappa shape index (κ3) is 6.17. The van der Waals surface area contributed by atoms with Gasteiger partial charge in [-0.2, -0.15) is 0 Å². The number of hydrogen-bond donors (Lipinski definition) is 1. The molecule has 6 heteroatoms. The second-order valence-corrected chi connectivity index (χ2v) is 9.85. The molecule has 35 heavy (non-hydrogen) atoms. The van der Waals surface area contributed by atoms with Crippen molar-refractivity contribution in [2.75, 3.05) is 13.4 Å². The Labute approximate surface area is 208 Å². The molecule has 0 bridgehead atoms. The topological polar surface area (TPSA) is 74.2 Å². The Morgan fingerprint density at radius 3 is 2.46 bits per heavy atom. The maximum Gasteiger partial charge on any atom is 0.347 e. The normalized spacial score (nSPS) is 17.7. The van der Waals surface area contributed by atoms with E-state index < -0.39 is 11.6 Å². The van der Waals surface area contributed by atoms with Crippen molar-refractivity contribution in [3.05, 3.63) is 64.2 Å². The van der Waals surface area contributed by atoms with Crippen LogP contribution in [0.2, 0.25) is 0 Å². The van der Waals surface area contributed by atoms with Crippen molar-refractivity contribution in [3.8, 4) is 17.2 Å². The lowest BCUT2D eigenvalue weighted by atomic mass is 9.86. The third-order valence-corrected chi connectivity index (χ3v) is 6.64. The number of carboxylic acid groups (broad SMARTS) is 1. The van der Waals surface area contributed by atoms with Crippen molar-refractivity contribution >= 4 is 5.97 Å². The average molecular weight is 483 g/mol. The molecule has 0 radical (unpaired) electrons. The van der Waals surface area contributed by atoms with Crippen LogP contribution >= 0.6 is 0 Å². The molecule has 1 aliphatic heterocycles. The smallest absolute Gasteiger partial charge is 0.347 e. The Morgan fingerprint density at radius 2 is 1.83 bits per heavy atom. The number of carboxylic acids is 1. The van der Waals surface area contributed by atoms with E-state index in [1.165, 1.54) is 19.4 Å². The van der Waals surface area contributed by atoms with Crippen LogP contribution in [0.1, 0.15) is 61.9 Å². The van der Waals surface area contributed by atoms with Gasteiger partial charge in [-0.15, -0.1) is 0 Å². The first-order chi connectivity index (χ1) is 16.5. The van der Waals surface area contributed by atoms with Gasteiger partial charge in [-0.1, -0.05) is 18.2 Å². The number of hydrogen-bond acceptors (Lipinski definition) is 5. The number of fused-ring (bicyclic) bond motifs is 1. The highest BCUT2D eigenvalue weighted by atomic mass is 16.7. The Hall–Kier alpha value is -2.99. The van der Waals surface area contributed by atoms with E-state index in [0.29, 0.717) is 12.4 Å². The Balaban J connectivity index is 1.69. The maximum atomic E-state index is 11.3. The van der Waals surface area contributed by atoms with E-state index in [9.17, 15) is 9.90 Å². The first-order valence-corrected chi connectivity index (χ1v) is 12.2. The van der Waals surface area contributed by atoms with Crippen LogP contribution in [0.3, 0.4) is 0 Å². The van der Waals surface area contributed by atoms with Crippen molar-refractivity contribution in [1.29, 1.82) is 0 Å². The monoisotopic (exact) mass is 482 g/mol. The van der Waals surface area contributed by atoms with Crippen LogP contribution in [0.5, 0.6) is 17.2 Å². The van der Waals surface area contributed by atoms with Gasteiger partial charge in [0, 0.05) is 12.2 Å². The quantitative estimate of drug-likeness (QED) is 0.250. The minimum absolute atomic E-state index is 0.252. The van der Waals surface area contributed by atoms with E-state index in [-0.39, 0.29) is 12.4 Å². The molecule has 0 aliphatic carbocycles. The Bertz CT molecular complexity index is 1080. The highest BCUT2D eigenvalue weighted by Gasteiger charge is 2.33. The number of allylic oxidation sites excluding steroid dienone is 1. The van der Waals surface area contributed by atoms with Gasteiger partial charge >= 0.3 is 5.97 Å². The lowest BCUT2D eigenvalue weighted by Gasteiger charge is -2.36. The zero-order valence-electron chi connectivity index (χ0n) is 22.0. The van der Waals surface area contributed by atoms with Gasteiger partial charge in [0.2, 0.25) is 0 Å². The van der Waals surface area contributed by atoms with Gasteiger partial charge < -0.3 is 24.1 Å². The van der Waals surface area contributed by atoms with Crippen molar-refractivity contribution in [3.63, 3.8) is 0 Å². The molecular weight excluding hydrogens is 444 g/mol. The van der Waals surface area contributed by atoms with E-state index in [1.807, 2.05) is 31.2 Å². The van der Waals surface area contributed by atoms with Gasteiger partial charge in [0.05, 0.1) is 0 Å². The second kappa shape index (κ2) is 10.7. The minimum Gasteiger partial charge on any atom is -0.483 e. The third-order valence-electron chi connectivity index (χ3n) is 6.64. The molecule has 1 aliphatic rings. The van der Waals surface area contributed by atoms with Crippen LogP contribution in [0.4, 0.5) is 0 Å².